The van der Waals surface area contributed by atoms with Gasteiger partial charge in [-0.2, -0.15) is 5.10 Å². The van der Waals surface area contributed by atoms with Gasteiger partial charge in [-0.25, -0.2) is 9.97 Å². The first-order valence-corrected chi connectivity index (χ1v) is 12.4. The van der Waals surface area contributed by atoms with Crippen molar-refractivity contribution in [3.8, 4) is 11.3 Å². The van der Waals surface area contributed by atoms with Crippen molar-refractivity contribution in [3.63, 3.8) is 0 Å². The number of benzene rings is 2. The molecule has 0 spiro atoms. The molecule has 4 heterocycles. The number of hydrogen-bond acceptors (Lipinski definition) is 6. The van der Waals surface area contributed by atoms with Gasteiger partial charge in [0.05, 0.1) is 17.4 Å². The smallest absolute Gasteiger partial charge is 0.180 e. The van der Waals surface area contributed by atoms with Crippen LogP contribution >= 0.6 is 0 Å². The van der Waals surface area contributed by atoms with Gasteiger partial charge in [0.25, 0.3) is 0 Å². The molecule has 0 radical (unpaired) electrons. The van der Waals surface area contributed by atoms with Crippen molar-refractivity contribution < 1.29 is 0 Å². The predicted molar refractivity (Wildman–Crippen MR) is 141 cm³/mol. The number of imidazole rings is 1. The first kappa shape index (κ1) is 21.6. The summed E-state index contributed by atoms with van der Waals surface area (Å²) in [4.78, 5) is 14.5. The molecule has 0 aliphatic carbocycles. The van der Waals surface area contributed by atoms with Gasteiger partial charge in [-0.05, 0) is 43.3 Å². The standard InChI is InChI=1S/C27H30N8/c1-2-3-11-33-13-15-34(16-14-33)23-8-6-22(7-9-23)30-26-27-28-10-12-35(27)19-25(31-26)20-4-5-21-18-29-32-24(21)17-20/h4-10,12,17-19H,2-3,11,13-16H2,1H3,(H,29,32)(H,30,31). The van der Waals surface area contributed by atoms with Crippen molar-refractivity contribution >= 4 is 33.7 Å². The Morgan fingerprint density at radius 2 is 1.89 bits per heavy atom. The van der Waals surface area contributed by atoms with Gasteiger partial charge in [-0.1, -0.05) is 25.5 Å². The van der Waals surface area contributed by atoms with E-state index in [1.54, 1.807) is 6.20 Å². The average molecular weight is 467 g/mol. The van der Waals surface area contributed by atoms with Crippen LogP contribution in [0, 0.1) is 0 Å². The zero-order chi connectivity index (χ0) is 23.6. The van der Waals surface area contributed by atoms with E-state index in [-0.39, 0.29) is 0 Å². The van der Waals surface area contributed by atoms with E-state index >= 15 is 0 Å². The lowest BCUT2D eigenvalue weighted by Gasteiger charge is -2.36. The highest BCUT2D eigenvalue weighted by molar-refractivity contribution is 5.84. The number of fused-ring (bicyclic) bond motifs is 2. The molecule has 0 unspecified atom stereocenters. The second-order valence-corrected chi connectivity index (χ2v) is 9.16. The molecular weight excluding hydrogens is 436 g/mol. The van der Waals surface area contributed by atoms with Gasteiger partial charge in [0.1, 0.15) is 0 Å². The molecule has 0 bridgehead atoms. The molecule has 1 aliphatic rings. The normalized spacial score (nSPS) is 14.7. The summed E-state index contributed by atoms with van der Waals surface area (Å²) in [6, 6.07) is 14.9. The fraction of sp³-hybridized carbons (Fsp3) is 0.296. The van der Waals surface area contributed by atoms with E-state index in [0.717, 1.165) is 65.5 Å². The highest BCUT2D eigenvalue weighted by Crippen LogP contribution is 2.27. The van der Waals surface area contributed by atoms with Crippen LogP contribution in [0.1, 0.15) is 19.8 Å². The van der Waals surface area contributed by atoms with E-state index in [1.807, 2.05) is 23.0 Å². The minimum atomic E-state index is 0.731. The summed E-state index contributed by atoms with van der Waals surface area (Å²) in [6.45, 7) is 7.91. The summed E-state index contributed by atoms with van der Waals surface area (Å²) in [5, 5.41) is 11.7. The van der Waals surface area contributed by atoms with Crippen LogP contribution in [-0.2, 0) is 0 Å². The van der Waals surface area contributed by atoms with Crippen molar-refractivity contribution in [2.75, 3.05) is 42.9 Å². The molecule has 0 atom stereocenters. The predicted octanol–water partition coefficient (Wildman–Crippen LogP) is 4.94. The number of piperazine rings is 1. The summed E-state index contributed by atoms with van der Waals surface area (Å²) < 4.78 is 2.01. The number of anilines is 3. The van der Waals surface area contributed by atoms with E-state index in [9.17, 15) is 0 Å². The molecule has 0 saturated carbocycles. The highest BCUT2D eigenvalue weighted by Gasteiger charge is 2.17. The second-order valence-electron chi connectivity index (χ2n) is 9.16. The Kier molecular flexibility index (Phi) is 5.79. The van der Waals surface area contributed by atoms with E-state index in [4.69, 9.17) is 4.98 Å². The van der Waals surface area contributed by atoms with Crippen molar-refractivity contribution in [1.82, 2.24) is 29.5 Å². The first-order chi connectivity index (χ1) is 17.3. The van der Waals surface area contributed by atoms with E-state index in [1.165, 1.54) is 25.1 Å². The van der Waals surface area contributed by atoms with Crippen LogP contribution in [0.2, 0.25) is 0 Å². The van der Waals surface area contributed by atoms with Gasteiger partial charge in [0, 0.05) is 67.1 Å². The van der Waals surface area contributed by atoms with Gasteiger partial charge in [-0.3, -0.25) is 10.00 Å². The third-order valence-corrected chi connectivity index (χ3v) is 6.81. The lowest BCUT2D eigenvalue weighted by molar-refractivity contribution is 0.254. The molecule has 5 aromatic rings. The molecular formula is C27H30N8. The monoisotopic (exact) mass is 466 g/mol. The number of aromatic amines is 1. The minimum Gasteiger partial charge on any atom is -0.369 e. The zero-order valence-corrected chi connectivity index (χ0v) is 20.0. The van der Waals surface area contributed by atoms with Crippen molar-refractivity contribution in [1.29, 1.82) is 0 Å². The number of nitrogens with one attached hydrogen (secondary N) is 2. The maximum Gasteiger partial charge on any atom is 0.180 e. The number of H-pyrrole nitrogens is 1. The van der Waals surface area contributed by atoms with Crippen LogP contribution in [0.15, 0.2) is 67.3 Å². The SMILES string of the molecule is CCCCN1CCN(c2ccc(Nc3nc(-c4ccc5cn[nH]c5c4)cn4ccnc34)cc2)CC1. The zero-order valence-electron chi connectivity index (χ0n) is 20.0. The topological polar surface area (TPSA) is 77.4 Å². The highest BCUT2D eigenvalue weighted by atomic mass is 15.3. The third kappa shape index (κ3) is 4.44. The second kappa shape index (κ2) is 9.38. The summed E-state index contributed by atoms with van der Waals surface area (Å²) in [7, 11) is 0. The van der Waals surface area contributed by atoms with Gasteiger partial charge in [-0.15, -0.1) is 0 Å². The molecule has 2 aromatic carbocycles. The Hall–Kier alpha value is -3.91. The molecule has 1 aliphatic heterocycles. The molecule has 35 heavy (non-hydrogen) atoms. The molecule has 1 saturated heterocycles. The Labute approximate surface area is 204 Å². The van der Waals surface area contributed by atoms with Crippen molar-refractivity contribution in [2.24, 2.45) is 0 Å². The first-order valence-electron chi connectivity index (χ1n) is 12.4. The number of unbranched alkanes of at least 4 members (excludes halogenated alkanes) is 1. The lowest BCUT2D eigenvalue weighted by Crippen LogP contribution is -2.46. The fourth-order valence-electron chi connectivity index (χ4n) is 4.75. The van der Waals surface area contributed by atoms with Gasteiger partial charge >= 0.3 is 0 Å². The summed E-state index contributed by atoms with van der Waals surface area (Å²) in [6.07, 6.45) is 10.1. The quantitative estimate of drug-likeness (QED) is 0.354. The van der Waals surface area contributed by atoms with Gasteiger partial charge in [0.2, 0.25) is 0 Å². The molecule has 0 amide bonds. The van der Waals surface area contributed by atoms with Crippen LogP contribution < -0.4 is 10.2 Å². The molecule has 6 rings (SSSR count). The fourth-order valence-corrected chi connectivity index (χ4v) is 4.75. The summed E-state index contributed by atoms with van der Waals surface area (Å²) in [5.74, 6) is 0.731. The Morgan fingerprint density at radius 3 is 2.71 bits per heavy atom. The van der Waals surface area contributed by atoms with Crippen LogP contribution in [0.4, 0.5) is 17.2 Å². The summed E-state index contributed by atoms with van der Waals surface area (Å²) >= 11 is 0. The van der Waals surface area contributed by atoms with Crippen molar-refractivity contribution in [3.05, 3.63) is 67.3 Å². The van der Waals surface area contributed by atoms with Crippen molar-refractivity contribution in [2.45, 2.75) is 19.8 Å². The van der Waals surface area contributed by atoms with Crippen LogP contribution in [0.3, 0.4) is 0 Å². The number of nitrogens with zero attached hydrogens (tertiary/aromatic N) is 6. The van der Waals surface area contributed by atoms with Gasteiger partial charge < -0.3 is 14.6 Å². The molecule has 8 heteroatoms. The molecule has 178 valence electrons. The minimum absolute atomic E-state index is 0.731. The van der Waals surface area contributed by atoms with Gasteiger partial charge in [0.15, 0.2) is 11.5 Å². The Balaban J connectivity index is 1.21. The van der Waals surface area contributed by atoms with E-state index in [2.05, 4.69) is 79.7 Å². The molecule has 3 aromatic heterocycles. The number of aromatic nitrogens is 5. The largest absolute Gasteiger partial charge is 0.369 e. The third-order valence-electron chi connectivity index (χ3n) is 6.81. The average Bonchev–Trinajstić information content (AvgIpc) is 3.57. The van der Waals surface area contributed by atoms with Crippen LogP contribution in [0.25, 0.3) is 27.8 Å². The number of hydrogen-bond donors (Lipinski definition) is 2. The molecule has 1 fully saturated rings. The van der Waals surface area contributed by atoms with E-state index in [0.29, 0.717) is 0 Å². The van der Waals surface area contributed by atoms with Crippen LogP contribution in [0.5, 0.6) is 0 Å². The lowest BCUT2D eigenvalue weighted by atomic mass is 10.1. The molecule has 2 N–H and O–H groups in total. The molecule has 8 nitrogen and oxygen atoms in total. The van der Waals surface area contributed by atoms with E-state index < -0.39 is 0 Å². The number of rotatable bonds is 7. The Morgan fingerprint density at radius 1 is 1.03 bits per heavy atom. The maximum atomic E-state index is 4.93. The Bertz CT molecular complexity index is 1430. The summed E-state index contributed by atoms with van der Waals surface area (Å²) in [5.41, 5.74) is 5.94. The maximum absolute atomic E-state index is 4.93. The van der Waals surface area contributed by atoms with Crippen LogP contribution in [-0.4, -0.2) is 62.2 Å².